The molecule has 1 N–H and O–H groups in total. The Hall–Kier alpha value is -0.930. The predicted octanol–water partition coefficient (Wildman–Crippen LogP) is 1.22. The molecule has 1 aromatic rings. The van der Waals surface area contributed by atoms with Crippen molar-refractivity contribution in [2.45, 2.75) is 37.3 Å². The SMILES string of the molecule is OC1(Cc2cccnc2)CCN(C2CC2)C1. The molecule has 2 heterocycles. The minimum Gasteiger partial charge on any atom is -0.388 e. The highest BCUT2D eigenvalue weighted by atomic mass is 16.3. The van der Waals surface area contributed by atoms with E-state index in [-0.39, 0.29) is 0 Å². The first-order valence-electron chi connectivity index (χ1n) is 6.11. The predicted molar refractivity (Wildman–Crippen MR) is 62.1 cm³/mol. The van der Waals surface area contributed by atoms with Crippen molar-refractivity contribution in [3.63, 3.8) is 0 Å². The van der Waals surface area contributed by atoms with E-state index in [4.69, 9.17) is 0 Å². The number of nitrogens with zero attached hydrogens (tertiary/aromatic N) is 2. The highest BCUT2D eigenvalue weighted by Crippen LogP contribution is 2.34. The molecule has 1 atom stereocenters. The van der Waals surface area contributed by atoms with E-state index in [0.717, 1.165) is 37.5 Å². The summed E-state index contributed by atoms with van der Waals surface area (Å²) in [7, 11) is 0. The maximum atomic E-state index is 10.5. The Balaban J connectivity index is 1.66. The molecular formula is C13H18N2O. The molecule has 0 amide bonds. The van der Waals surface area contributed by atoms with Gasteiger partial charge in [-0.15, -0.1) is 0 Å². The lowest BCUT2D eigenvalue weighted by Crippen LogP contribution is -2.36. The smallest absolute Gasteiger partial charge is 0.0827 e. The van der Waals surface area contributed by atoms with Crippen LogP contribution in [0.1, 0.15) is 24.8 Å². The molecule has 16 heavy (non-hydrogen) atoms. The molecule has 1 saturated heterocycles. The highest BCUT2D eigenvalue weighted by Gasteiger charge is 2.41. The summed E-state index contributed by atoms with van der Waals surface area (Å²) in [6, 6.07) is 4.75. The molecule has 1 saturated carbocycles. The van der Waals surface area contributed by atoms with Crippen molar-refractivity contribution < 1.29 is 5.11 Å². The molecule has 1 unspecified atom stereocenters. The van der Waals surface area contributed by atoms with Gasteiger partial charge in [-0.25, -0.2) is 0 Å². The Morgan fingerprint density at radius 3 is 3.06 bits per heavy atom. The van der Waals surface area contributed by atoms with Crippen LogP contribution in [0, 0.1) is 0 Å². The Kier molecular flexibility index (Phi) is 2.45. The largest absolute Gasteiger partial charge is 0.388 e. The average molecular weight is 218 g/mol. The van der Waals surface area contributed by atoms with Crippen LogP contribution in [0.3, 0.4) is 0 Å². The zero-order valence-electron chi connectivity index (χ0n) is 9.47. The number of hydrogen-bond donors (Lipinski definition) is 1. The van der Waals surface area contributed by atoms with Crippen LogP contribution in [0.25, 0.3) is 0 Å². The van der Waals surface area contributed by atoms with Crippen molar-refractivity contribution in [2.75, 3.05) is 13.1 Å². The first-order valence-corrected chi connectivity index (χ1v) is 6.11. The molecule has 2 fully saturated rings. The van der Waals surface area contributed by atoms with E-state index in [1.54, 1.807) is 6.20 Å². The number of likely N-dealkylation sites (tertiary alicyclic amines) is 1. The van der Waals surface area contributed by atoms with Crippen molar-refractivity contribution in [3.05, 3.63) is 30.1 Å². The van der Waals surface area contributed by atoms with Crippen molar-refractivity contribution in [1.82, 2.24) is 9.88 Å². The molecule has 0 spiro atoms. The maximum absolute atomic E-state index is 10.5. The van der Waals surface area contributed by atoms with Crippen LogP contribution >= 0.6 is 0 Å². The summed E-state index contributed by atoms with van der Waals surface area (Å²) in [5.41, 5.74) is 0.619. The second-order valence-corrected chi connectivity index (χ2v) is 5.21. The molecule has 1 aliphatic heterocycles. The summed E-state index contributed by atoms with van der Waals surface area (Å²) in [6.45, 7) is 1.90. The second-order valence-electron chi connectivity index (χ2n) is 5.21. The molecule has 3 rings (SSSR count). The third-order valence-corrected chi connectivity index (χ3v) is 3.68. The maximum Gasteiger partial charge on any atom is 0.0827 e. The van der Waals surface area contributed by atoms with Crippen LogP contribution in [-0.2, 0) is 6.42 Å². The van der Waals surface area contributed by atoms with Crippen LogP contribution in [0.15, 0.2) is 24.5 Å². The Morgan fingerprint density at radius 2 is 2.38 bits per heavy atom. The number of aromatic nitrogens is 1. The number of β-amino-alcohol motifs (C(OH)–C–C–N with tert-alkyl or cyclic N) is 1. The molecule has 1 aliphatic carbocycles. The summed E-state index contributed by atoms with van der Waals surface area (Å²) in [5, 5.41) is 10.5. The quantitative estimate of drug-likeness (QED) is 0.829. The molecule has 3 heteroatoms. The van der Waals surface area contributed by atoms with Gasteiger partial charge in [0.05, 0.1) is 5.60 Å². The van der Waals surface area contributed by atoms with Crippen molar-refractivity contribution in [1.29, 1.82) is 0 Å². The van der Waals surface area contributed by atoms with Gasteiger partial charge in [0.15, 0.2) is 0 Å². The van der Waals surface area contributed by atoms with Crippen LogP contribution in [0.5, 0.6) is 0 Å². The van der Waals surface area contributed by atoms with E-state index in [9.17, 15) is 5.11 Å². The van der Waals surface area contributed by atoms with Gasteiger partial charge in [0.2, 0.25) is 0 Å². The second kappa shape index (κ2) is 3.82. The number of rotatable bonds is 3. The molecule has 1 aromatic heterocycles. The fourth-order valence-electron chi connectivity index (χ4n) is 2.67. The fourth-order valence-corrected chi connectivity index (χ4v) is 2.67. The number of aliphatic hydroxyl groups is 1. The minimum absolute atomic E-state index is 0.522. The first kappa shape index (κ1) is 10.2. The Labute approximate surface area is 96.1 Å². The third kappa shape index (κ3) is 2.11. The standard InChI is InChI=1S/C13H18N2O/c16-13(8-11-2-1-6-14-9-11)5-7-15(10-13)12-3-4-12/h1-2,6,9,12,16H,3-5,7-8,10H2. The van der Waals surface area contributed by atoms with Gasteiger partial charge in [-0.05, 0) is 30.9 Å². The normalized spacial score (nSPS) is 30.8. The topological polar surface area (TPSA) is 36.4 Å². The van der Waals surface area contributed by atoms with E-state index in [2.05, 4.69) is 9.88 Å². The van der Waals surface area contributed by atoms with E-state index in [1.165, 1.54) is 12.8 Å². The van der Waals surface area contributed by atoms with E-state index >= 15 is 0 Å². The fraction of sp³-hybridized carbons (Fsp3) is 0.615. The van der Waals surface area contributed by atoms with Crippen LogP contribution in [-0.4, -0.2) is 39.7 Å². The lowest BCUT2D eigenvalue weighted by Gasteiger charge is -2.23. The zero-order valence-corrected chi connectivity index (χ0v) is 9.47. The first-order chi connectivity index (χ1) is 7.75. The van der Waals surface area contributed by atoms with Gasteiger partial charge < -0.3 is 5.11 Å². The van der Waals surface area contributed by atoms with Gasteiger partial charge in [-0.1, -0.05) is 6.07 Å². The molecule has 0 bridgehead atoms. The number of pyridine rings is 1. The van der Waals surface area contributed by atoms with Crippen LogP contribution < -0.4 is 0 Å². The zero-order chi connectivity index (χ0) is 11.0. The Morgan fingerprint density at radius 1 is 1.50 bits per heavy atom. The summed E-state index contributed by atoms with van der Waals surface area (Å²) >= 11 is 0. The average Bonchev–Trinajstić information content (AvgIpc) is 3.05. The monoisotopic (exact) mass is 218 g/mol. The van der Waals surface area contributed by atoms with Crippen molar-refractivity contribution >= 4 is 0 Å². The van der Waals surface area contributed by atoms with Gasteiger partial charge in [0.1, 0.15) is 0 Å². The molecule has 3 nitrogen and oxygen atoms in total. The summed E-state index contributed by atoms with van der Waals surface area (Å²) in [4.78, 5) is 6.54. The van der Waals surface area contributed by atoms with E-state index in [1.807, 2.05) is 18.3 Å². The van der Waals surface area contributed by atoms with E-state index < -0.39 is 5.60 Å². The van der Waals surface area contributed by atoms with E-state index in [0.29, 0.717) is 0 Å². The van der Waals surface area contributed by atoms with Crippen LogP contribution in [0.4, 0.5) is 0 Å². The molecule has 86 valence electrons. The van der Waals surface area contributed by atoms with Gasteiger partial charge >= 0.3 is 0 Å². The lowest BCUT2D eigenvalue weighted by molar-refractivity contribution is 0.0486. The summed E-state index contributed by atoms with van der Waals surface area (Å²) in [6.07, 6.45) is 7.92. The minimum atomic E-state index is -0.522. The number of hydrogen-bond acceptors (Lipinski definition) is 3. The van der Waals surface area contributed by atoms with Gasteiger partial charge in [0, 0.05) is 37.9 Å². The lowest BCUT2D eigenvalue weighted by atomic mass is 9.95. The summed E-state index contributed by atoms with van der Waals surface area (Å²) in [5.74, 6) is 0. The molecule has 2 aliphatic rings. The van der Waals surface area contributed by atoms with Crippen molar-refractivity contribution in [2.24, 2.45) is 0 Å². The Bertz CT molecular complexity index is 363. The summed E-state index contributed by atoms with van der Waals surface area (Å²) < 4.78 is 0. The van der Waals surface area contributed by atoms with Crippen molar-refractivity contribution in [3.8, 4) is 0 Å². The molecule has 0 radical (unpaired) electrons. The molecular weight excluding hydrogens is 200 g/mol. The van der Waals surface area contributed by atoms with Gasteiger partial charge in [-0.3, -0.25) is 9.88 Å². The highest BCUT2D eigenvalue weighted by molar-refractivity contribution is 5.13. The van der Waals surface area contributed by atoms with Gasteiger partial charge in [-0.2, -0.15) is 0 Å². The third-order valence-electron chi connectivity index (χ3n) is 3.68. The molecule has 0 aromatic carbocycles. The van der Waals surface area contributed by atoms with Crippen LogP contribution in [0.2, 0.25) is 0 Å². The van der Waals surface area contributed by atoms with Gasteiger partial charge in [0.25, 0.3) is 0 Å².